The van der Waals surface area contributed by atoms with Gasteiger partial charge in [-0.1, -0.05) is 31.4 Å². The highest BCUT2D eigenvalue weighted by molar-refractivity contribution is 5.20. The molecule has 3 heteroatoms. The Morgan fingerprint density at radius 3 is 2.20 bits per heavy atom. The van der Waals surface area contributed by atoms with Crippen LogP contribution in [0.1, 0.15) is 6.92 Å². The van der Waals surface area contributed by atoms with Crippen LogP contribution in [0.25, 0.3) is 0 Å². The molecule has 0 atom stereocenters. The van der Waals surface area contributed by atoms with Crippen molar-refractivity contribution >= 4 is 0 Å². The summed E-state index contributed by atoms with van der Waals surface area (Å²) in [6.45, 7) is 9.30. The molecule has 0 amide bonds. The summed E-state index contributed by atoms with van der Waals surface area (Å²) in [5.74, 6) is 0.669. The maximum Gasteiger partial charge on any atom is 0.178 e. The Hall–Kier alpha value is -1.90. The lowest BCUT2D eigenvalue weighted by Gasteiger charge is -1.98. The minimum Gasteiger partial charge on any atom is -0.502 e. The molecular formula is C12H16O3. The topological polar surface area (TPSA) is 27.7 Å². The quantitative estimate of drug-likeness (QED) is 0.422. The molecule has 0 unspecified atom stereocenters. The Morgan fingerprint density at radius 2 is 1.80 bits per heavy atom. The van der Waals surface area contributed by atoms with Gasteiger partial charge in [-0.3, -0.25) is 9.78 Å². The molecule has 0 N–H and O–H groups in total. The van der Waals surface area contributed by atoms with E-state index in [1.807, 2.05) is 25.1 Å². The first-order valence-electron chi connectivity index (χ1n) is 4.57. The Labute approximate surface area is 90.5 Å². The largest absolute Gasteiger partial charge is 0.502 e. The molecule has 1 aromatic carbocycles. The van der Waals surface area contributed by atoms with Crippen LogP contribution in [0.4, 0.5) is 0 Å². The lowest BCUT2D eigenvalue weighted by molar-refractivity contribution is -0.148. The standard InChI is InChI=1S/C8H8O2.C4H8O/c1-2-9-10-8-6-4-3-5-7-8;1-3-5-4-2/h2-7H,1H2;3H,1,4H2,2H3. The molecule has 0 bridgehead atoms. The second kappa shape index (κ2) is 10.2. The predicted molar refractivity (Wildman–Crippen MR) is 60.2 cm³/mol. The van der Waals surface area contributed by atoms with Crippen LogP contribution >= 0.6 is 0 Å². The molecule has 0 aliphatic heterocycles. The van der Waals surface area contributed by atoms with Crippen LogP contribution in [0.15, 0.2) is 56.0 Å². The van der Waals surface area contributed by atoms with Crippen LogP contribution in [0, 0.1) is 0 Å². The van der Waals surface area contributed by atoms with Crippen LogP contribution in [0.5, 0.6) is 5.75 Å². The summed E-state index contributed by atoms with van der Waals surface area (Å²) >= 11 is 0. The summed E-state index contributed by atoms with van der Waals surface area (Å²) in [6.07, 6.45) is 2.66. The fourth-order valence-electron chi connectivity index (χ4n) is 0.683. The zero-order chi connectivity index (χ0) is 11.4. The average Bonchev–Trinajstić information content (AvgIpc) is 2.30. The summed E-state index contributed by atoms with van der Waals surface area (Å²) < 4.78 is 4.60. The number of benzene rings is 1. The summed E-state index contributed by atoms with van der Waals surface area (Å²) in [5, 5.41) is 0. The zero-order valence-electron chi connectivity index (χ0n) is 8.89. The molecule has 0 saturated carbocycles. The average molecular weight is 208 g/mol. The molecule has 15 heavy (non-hydrogen) atoms. The summed E-state index contributed by atoms with van der Waals surface area (Å²) in [6, 6.07) is 9.22. The molecule has 0 aliphatic carbocycles. The van der Waals surface area contributed by atoms with Gasteiger partial charge in [0.05, 0.1) is 12.9 Å². The van der Waals surface area contributed by atoms with Crippen LogP contribution in [-0.2, 0) is 9.62 Å². The van der Waals surface area contributed by atoms with Crippen molar-refractivity contribution in [3.8, 4) is 5.75 Å². The highest BCUT2D eigenvalue weighted by Gasteiger charge is 1.87. The smallest absolute Gasteiger partial charge is 0.178 e. The third-order valence-electron chi connectivity index (χ3n) is 1.24. The van der Waals surface area contributed by atoms with Gasteiger partial charge in [0.2, 0.25) is 0 Å². The third-order valence-corrected chi connectivity index (χ3v) is 1.24. The fraction of sp³-hybridized carbons (Fsp3) is 0.167. The van der Waals surface area contributed by atoms with Gasteiger partial charge in [0.15, 0.2) is 5.75 Å². The van der Waals surface area contributed by atoms with Crippen molar-refractivity contribution in [2.45, 2.75) is 6.92 Å². The van der Waals surface area contributed by atoms with E-state index < -0.39 is 0 Å². The van der Waals surface area contributed by atoms with Gasteiger partial charge < -0.3 is 4.74 Å². The Kier molecular flexibility index (Phi) is 8.89. The van der Waals surface area contributed by atoms with Gasteiger partial charge in [-0.15, -0.1) is 0 Å². The molecule has 0 heterocycles. The monoisotopic (exact) mass is 208 g/mol. The SMILES string of the molecule is C=COCC.C=COOc1ccccc1. The molecule has 1 rings (SSSR count). The van der Waals surface area contributed by atoms with Gasteiger partial charge in [-0.2, -0.15) is 0 Å². The zero-order valence-corrected chi connectivity index (χ0v) is 8.89. The van der Waals surface area contributed by atoms with Crippen LogP contribution in [0.2, 0.25) is 0 Å². The van der Waals surface area contributed by atoms with E-state index in [1.54, 1.807) is 12.1 Å². The Morgan fingerprint density at radius 1 is 1.13 bits per heavy atom. The third kappa shape index (κ3) is 8.43. The van der Waals surface area contributed by atoms with Crippen molar-refractivity contribution < 1.29 is 14.5 Å². The molecule has 0 radical (unpaired) electrons. The van der Waals surface area contributed by atoms with Crippen LogP contribution in [-0.4, -0.2) is 6.61 Å². The molecule has 0 aliphatic rings. The van der Waals surface area contributed by atoms with E-state index in [1.165, 1.54) is 12.5 Å². The second-order valence-corrected chi connectivity index (χ2v) is 2.28. The van der Waals surface area contributed by atoms with Crippen molar-refractivity contribution in [1.82, 2.24) is 0 Å². The molecule has 1 aromatic rings. The lowest BCUT2D eigenvalue weighted by atomic mass is 10.3. The van der Waals surface area contributed by atoms with Crippen molar-refractivity contribution in [2.24, 2.45) is 0 Å². The van der Waals surface area contributed by atoms with Crippen molar-refractivity contribution in [1.29, 1.82) is 0 Å². The minimum atomic E-state index is 0.669. The van der Waals surface area contributed by atoms with Gasteiger partial charge in [0, 0.05) is 0 Å². The van der Waals surface area contributed by atoms with E-state index in [0.717, 1.165) is 6.61 Å². The summed E-state index contributed by atoms with van der Waals surface area (Å²) in [4.78, 5) is 9.22. The Bertz CT molecular complexity index is 257. The number of hydrogen-bond donors (Lipinski definition) is 0. The van der Waals surface area contributed by atoms with E-state index in [0.29, 0.717) is 5.75 Å². The van der Waals surface area contributed by atoms with Gasteiger partial charge in [0.25, 0.3) is 0 Å². The minimum absolute atomic E-state index is 0.669. The van der Waals surface area contributed by atoms with E-state index in [9.17, 15) is 0 Å². The van der Waals surface area contributed by atoms with E-state index in [4.69, 9.17) is 4.89 Å². The number of hydrogen-bond acceptors (Lipinski definition) is 3. The first kappa shape index (κ1) is 13.1. The maximum absolute atomic E-state index is 4.74. The van der Waals surface area contributed by atoms with E-state index >= 15 is 0 Å². The first-order valence-corrected chi connectivity index (χ1v) is 4.57. The van der Waals surface area contributed by atoms with Crippen molar-refractivity contribution in [3.05, 3.63) is 56.0 Å². The van der Waals surface area contributed by atoms with Crippen LogP contribution < -0.4 is 4.89 Å². The molecule has 82 valence electrons. The molecule has 0 fully saturated rings. The molecule has 0 aromatic heterocycles. The number of ether oxygens (including phenoxy) is 1. The summed E-state index contributed by atoms with van der Waals surface area (Å²) in [5.41, 5.74) is 0. The van der Waals surface area contributed by atoms with Crippen molar-refractivity contribution in [2.75, 3.05) is 6.61 Å². The molecule has 0 spiro atoms. The highest BCUT2D eigenvalue weighted by Crippen LogP contribution is 2.07. The van der Waals surface area contributed by atoms with Gasteiger partial charge in [-0.25, -0.2) is 0 Å². The van der Waals surface area contributed by atoms with Gasteiger partial charge >= 0.3 is 0 Å². The van der Waals surface area contributed by atoms with Crippen molar-refractivity contribution in [3.63, 3.8) is 0 Å². The maximum atomic E-state index is 4.74. The number of para-hydroxylation sites is 1. The number of rotatable bonds is 5. The second-order valence-electron chi connectivity index (χ2n) is 2.28. The first-order chi connectivity index (χ1) is 7.35. The Balaban J connectivity index is 0.000000336. The normalized spacial score (nSPS) is 7.80. The van der Waals surface area contributed by atoms with Gasteiger partial charge in [0.1, 0.15) is 6.26 Å². The lowest BCUT2D eigenvalue weighted by Crippen LogP contribution is -1.87. The molecular weight excluding hydrogens is 192 g/mol. The van der Waals surface area contributed by atoms with E-state index in [-0.39, 0.29) is 0 Å². The van der Waals surface area contributed by atoms with E-state index in [2.05, 4.69) is 22.8 Å². The fourth-order valence-corrected chi connectivity index (χ4v) is 0.683. The van der Waals surface area contributed by atoms with Crippen LogP contribution in [0.3, 0.4) is 0 Å². The molecule has 0 saturated heterocycles. The molecule has 3 nitrogen and oxygen atoms in total. The predicted octanol–water partition coefficient (Wildman–Crippen LogP) is 3.31. The summed E-state index contributed by atoms with van der Waals surface area (Å²) in [7, 11) is 0. The van der Waals surface area contributed by atoms with Gasteiger partial charge in [-0.05, 0) is 19.1 Å². The highest BCUT2D eigenvalue weighted by atomic mass is 17.2.